The van der Waals surface area contributed by atoms with Crippen molar-refractivity contribution < 1.29 is 0 Å². The van der Waals surface area contributed by atoms with E-state index in [2.05, 4.69) is 41.6 Å². The van der Waals surface area contributed by atoms with Gasteiger partial charge in [-0.2, -0.15) is 5.10 Å². The van der Waals surface area contributed by atoms with Crippen LogP contribution in [0.3, 0.4) is 0 Å². The van der Waals surface area contributed by atoms with Crippen molar-refractivity contribution in [1.82, 2.24) is 15.2 Å². The average molecular weight is 370 g/mol. The molecular formula is C16H12BrN5O. The molecule has 0 aliphatic rings. The fourth-order valence-corrected chi connectivity index (χ4v) is 2.15. The summed E-state index contributed by atoms with van der Waals surface area (Å²) in [6.45, 7) is 0. The normalized spacial score (nSPS) is 10.8. The van der Waals surface area contributed by atoms with Gasteiger partial charge in [-0.25, -0.2) is 5.43 Å². The molecule has 0 radical (unpaired) electrons. The highest BCUT2D eigenvalue weighted by Crippen LogP contribution is 2.11. The lowest BCUT2D eigenvalue weighted by Gasteiger charge is -2.01. The summed E-state index contributed by atoms with van der Waals surface area (Å²) in [5.74, 6) is 0.183. The summed E-state index contributed by atoms with van der Waals surface area (Å²) in [5.41, 5.74) is 4.23. The van der Waals surface area contributed by atoms with Gasteiger partial charge in [-0.3, -0.25) is 9.78 Å². The molecule has 0 fully saturated rings. The highest BCUT2D eigenvalue weighted by Gasteiger charge is 2.06. The smallest absolute Gasteiger partial charge is 0.279 e. The summed E-state index contributed by atoms with van der Waals surface area (Å²) >= 11 is 3.37. The van der Waals surface area contributed by atoms with E-state index in [0.29, 0.717) is 5.56 Å². The SMILES string of the molecule is O=c1[nH]c(NN=Cc2ccc(Br)cc2)nnc1-c1ccccc1. The van der Waals surface area contributed by atoms with E-state index in [0.717, 1.165) is 10.0 Å². The predicted octanol–water partition coefficient (Wildman–Crippen LogP) is 3.04. The Bertz CT molecular complexity index is 875. The lowest BCUT2D eigenvalue weighted by molar-refractivity contribution is 0.947. The first-order chi connectivity index (χ1) is 11.2. The molecule has 3 rings (SSSR count). The summed E-state index contributed by atoms with van der Waals surface area (Å²) in [4.78, 5) is 14.7. The molecule has 6 nitrogen and oxygen atoms in total. The highest BCUT2D eigenvalue weighted by atomic mass is 79.9. The fraction of sp³-hybridized carbons (Fsp3) is 0. The van der Waals surface area contributed by atoms with Crippen LogP contribution in [-0.2, 0) is 0 Å². The number of hydrazone groups is 1. The first-order valence-electron chi connectivity index (χ1n) is 6.79. The molecule has 0 saturated heterocycles. The van der Waals surface area contributed by atoms with E-state index in [1.807, 2.05) is 42.5 Å². The topological polar surface area (TPSA) is 83.0 Å². The van der Waals surface area contributed by atoms with E-state index in [1.165, 1.54) is 0 Å². The Morgan fingerprint density at radius 2 is 1.78 bits per heavy atom. The Balaban J connectivity index is 1.73. The Morgan fingerprint density at radius 1 is 1.04 bits per heavy atom. The van der Waals surface area contributed by atoms with Crippen molar-refractivity contribution in [2.24, 2.45) is 5.10 Å². The minimum atomic E-state index is -0.326. The summed E-state index contributed by atoms with van der Waals surface area (Å²) in [7, 11) is 0. The zero-order valence-corrected chi connectivity index (χ0v) is 13.5. The molecule has 0 aliphatic heterocycles. The molecule has 0 atom stereocenters. The zero-order valence-electron chi connectivity index (χ0n) is 11.9. The lowest BCUT2D eigenvalue weighted by atomic mass is 10.2. The van der Waals surface area contributed by atoms with Gasteiger partial charge in [-0.1, -0.05) is 58.4 Å². The van der Waals surface area contributed by atoms with Gasteiger partial charge < -0.3 is 0 Å². The maximum Gasteiger partial charge on any atom is 0.279 e. The summed E-state index contributed by atoms with van der Waals surface area (Å²) < 4.78 is 0.995. The summed E-state index contributed by atoms with van der Waals surface area (Å²) in [6.07, 6.45) is 1.62. The number of rotatable bonds is 4. The van der Waals surface area contributed by atoms with Crippen LogP contribution in [0.5, 0.6) is 0 Å². The lowest BCUT2D eigenvalue weighted by Crippen LogP contribution is -2.15. The van der Waals surface area contributed by atoms with E-state index < -0.39 is 0 Å². The molecule has 0 unspecified atom stereocenters. The number of nitrogens with one attached hydrogen (secondary N) is 2. The first-order valence-corrected chi connectivity index (χ1v) is 7.59. The fourth-order valence-electron chi connectivity index (χ4n) is 1.89. The monoisotopic (exact) mass is 369 g/mol. The van der Waals surface area contributed by atoms with Gasteiger partial charge in [0.2, 0.25) is 5.95 Å². The minimum absolute atomic E-state index is 0.183. The van der Waals surface area contributed by atoms with Gasteiger partial charge in [0.1, 0.15) is 0 Å². The van der Waals surface area contributed by atoms with Gasteiger partial charge in [0, 0.05) is 10.0 Å². The quantitative estimate of drug-likeness (QED) is 0.546. The molecule has 2 aromatic carbocycles. The Hall–Kier alpha value is -2.80. The third-order valence-corrected chi connectivity index (χ3v) is 3.53. The van der Waals surface area contributed by atoms with Gasteiger partial charge in [0.05, 0.1) is 6.21 Å². The minimum Gasteiger partial charge on any atom is -0.288 e. The van der Waals surface area contributed by atoms with Crippen molar-refractivity contribution in [1.29, 1.82) is 0 Å². The van der Waals surface area contributed by atoms with Crippen LogP contribution >= 0.6 is 15.9 Å². The second kappa shape index (κ2) is 6.97. The van der Waals surface area contributed by atoms with Crippen molar-refractivity contribution in [2.45, 2.75) is 0 Å². The van der Waals surface area contributed by atoms with E-state index in [1.54, 1.807) is 18.3 Å². The van der Waals surface area contributed by atoms with E-state index in [9.17, 15) is 4.79 Å². The summed E-state index contributed by atoms with van der Waals surface area (Å²) in [6, 6.07) is 16.8. The second-order valence-electron chi connectivity index (χ2n) is 4.64. The van der Waals surface area contributed by atoms with Crippen molar-refractivity contribution in [3.8, 4) is 11.3 Å². The number of aromatic nitrogens is 3. The third-order valence-electron chi connectivity index (χ3n) is 3.00. The van der Waals surface area contributed by atoms with E-state index >= 15 is 0 Å². The second-order valence-corrected chi connectivity index (χ2v) is 5.55. The van der Waals surface area contributed by atoms with Crippen LogP contribution in [0.2, 0.25) is 0 Å². The molecule has 0 spiro atoms. The van der Waals surface area contributed by atoms with Crippen LogP contribution in [0, 0.1) is 0 Å². The number of benzene rings is 2. The molecule has 114 valence electrons. The van der Waals surface area contributed by atoms with Crippen molar-refractivity contribution >= 4 is 28.1 Å². The molecule has 2 N–H and O–H groups in total. The number of nitrogens with zero attached hydrogens (tertiary/aromatic N) is 3. The standard InChI is InChI=1S/C16H12BrN5O/c17-13-8-6-11(7-9-13)10-18-21-16-19-15(23)14(20-22-16)12-4-2-1-3-5-12/h1-10H,(H2,19,21,22,23). The Labute approximate surface area is 140 Å². The highest BCUT2D eigenvalue weighted by molar-refractivity contribution is 9.10. The molecule has 1 aromatic heterocycles. The number of aromatic amines is 1. The number of hydrogen-bond donors (Lipinski definition) is 2. The summed E-state index contributed by atoms with van der Waals surface area (Å²) in [5, 5.41) is 11.9. The largest absolute Gasteiger partial charge is 0.288 e. The average Bonchev–Trinajstić information content (AvgIpc) is 2.58. The number of hydrogen-bond acceptors (Lipinski definition) is 5. The zero-order chi connectivity index (χ0) is 16.1. The molecule has 7 heteroatoms. The maximum absolute atomic E-state index is 12.1. The first kappa shape index (κ1) is 15.1. The van der Waals surface area contributed by atoms with Gasteiger partial charge in [-0.05, 0) is 17.7 Å². The van der Waals surface area contributed by atoms with Crippen LogP contribution < -0.4 is 11.0 Å². The van der Waals surface area contributed by atoms with Crippen molar-refractivity contribution in [3.63, 3.8) is 0 Å². The third kappa shape index (κ3) is 3.89. The van der Waals surface area contributed by atoms with E-state index in [-0.39, 0.29) is 17.2 Å². The van der Waals surface area contributed by atoms with Gasteiger partial charge in [0.25, 0.3) is 5.56 Å². The molecule has 0 saturated carbocycles. The maximum atomic E-state index is 12.1. The van der Waals surface area contributed by atoms with Crippen molar-refractivity contribution in [3.05, 3.63) is 75.0 Å². The van der Waals surface area contributed by atoms with Gasteiger partial charge >= 0.3 is 0 Å². The van der Waals surface area contributed by atoms with Crippen LogP contribution in [-0.4, -0.2) is 21.4 Å². The van der Waals surface area contributed by atoms with Gasteiger partial charge in [0.15, 0.2) is 5.69 Å². The molecule has 23 heavy (non-hydrogen) atoms. The Kier molecular flexibility index (Phi) is 4.58. The van der Waals surface area contributed by atoms with Gasteiger partial charge in [-0.15, -0.1) is 10.2 Å². The van der Waals surface area contributed by atoms with E-state index in [4.69, 9.17) is 0 Å². The number of H-pyrrole nitrogens is 1. The van der Waals surface area contributed by atoms with Crippen LogP contribution in [0.4, 0.5) is 5.95 Å². The van der Waals surface area contributed by atoms with Crippen LogP contribution in [0.15, 0.2) is 69.0 Å². The molecular weight excluding hydrogens is 358 g/mol. The molecule has 1 heterocycles. The molecule has 0 aliphatic carbocycles. The van der Waals surface area contributed by atoms with Crippen molar-refractivity contribution in [2.75, 3.05) is 5.43 Å². The van der Waals surface area contributed by atoms with Crippen LogP contribution in [0.1, 0.15) is 5.56 Å². The predicted molar refractivity (Wildman–Crippen MR) is 93.4 cm³/mol. The Morgan fingerprint density at radius 3 is 2.48 bits per heavy atom. The molecule has 0 bridgehead atoms. The number of anilines is 1. The number of halogens is 1. The molecule has 3 aromatic rings. The molecule has 0 amide bonds. The van der Waals surface area contributed by atoms with Crippen LogP contribution in [0.25, 0.3) is 11.3 Å².